The smallest absolute Gasteiger partial charge is 0.265 e. The number of thiophene rings is 1. The fraction of sp³-hybridized carbons (Fsp3) is 0.143. The molecule has 0 aliphatic carbocycles. The quantitative estimate of drug-likeness (QED) is 0.541. The average molecular weight is 378 g/mol. The molecule has 1 amide bonds. The maximum Gasteiger partial charge on any atom is 0.265 e. The van der Waals surface area contributed by atoms with Crippen LogP contribution < -0.4 is 14.8 Å². The van der Waals surface area contributed by atoms with E-state index in [0.717, 1.165) is 26.7 Å². The number of aromatic nitrogens is 1. The van der Waals surface area contributed by atoms with Crippen LogP contribution in [-0.4, -0.2) is 25.1 Å². The van der Waals surface area contributed by atoms with Crippen molar-refractivity contribution in [1.82, 2.24) is 4.98 Å². The number of ether oxygens (including phenoxy) is 2. The van der Waals surface area contributed by atoms with Crippen LogP contribution in [0.3, 0.4) is 0 Å². The number of anilines is 1. The van der Waals surface area contributed by atoms with Crippen molar-refractivity contribution in [3.8, 4) is 11.5 Å². The Morgan fingerprint density at radius 1 is 1.00 bits per heavy atom. The molecule has 5 nitrogen and oxygen atoms in total. The number of aryl methyl sites for hydroxylation is 1. The van der Waals surface area contributed by atoms with Crippen LogP contribution in [0.4, 0.5) is 5.69 Å². The van der Waals surface area contributed by atoms with Gasteiger partial charge < -0.3 is 14.8 Å². The first-order valence-electron chi connectivity index (χ1n) is 8.42. The maximum absolute atomic E-state index is 12.7. The molecule has 2 aromatic heterocycles. The zero-order valence-electron chi connectivity index (χ0n) is 15.2. The third kappa shape index (κ3) is 3.31. The molecule has 4 aromatic rings. The van der Waals surface area contributed by atoms with E-state index in [1.807, 2.05) is 13.0 Å². The fourth-order valence-corrected chi connectivity index (χ4v) is 3.85. The number of fused-ring (bicyclic) bond motifs is 2. The van der Waals surface area contributed by atoms with Gasteiger partial charge in [-0.1, -0.05) is 12.1 Å². The van der Waals surface area contributed by atoms with Crippen molar-refractivity contribution in [2.75, 3.05) is 19.5 Å². The molecule has 0 aliphatic heterocycles. The van der Waals surface area contributed by atoms with Gasteiger partial charge in [-0.2, -0.15) is 0 Å². The van der Waals surface area contributed by atoms with E-state index in [0.29, 0.717) is 22.1 Å². The Morgan fingerprint density at radius 3 is 2.63 bits per heavy atom. The lowest BCUT2D eigenvalue weighted by molar-refractivity contribution is 0.103. The molecule has 0 spiro atoms. The Hall–Kier alpha value is -3.12. The normalized spacial score (nSPS) is 10.9. The predicted molar refractivity (Wildman–Crippen MR) is 109 cm³/mol. The number of pyridine rings is 1. The number of benzene rings is 2. The lowest BCUT2D eigenvalue weighted by Gasteiger charge is -2.10. The van der Waals surface area contributed by atoms with Gasteiger partial charge in [0.25, 0.3) is 5.91 Å². The summed E-state index contributed by atoms with van der Waals surface area (Å²) in [5.74, 6) is 1.02. The number of carbonyl (C=O) groups excluding carboxylic acids is 1. The summed E-state index contributed by atoms with van der Waals surface area (Å²) in [5.41, 5.74) is 2.69. The third-order valence-electron chi connectivity index (χ3n) is 4.34. The minimum absolute atomic E-state index is 0.193. The van der Waals surface area contributed by atoms with Crippen molar-refractivity contribution in [2.24, 2.45) is 0 Å². The molecule has 0 fully saturated rings. The summed E-state index contributed by atoms with van der Waals surface area (Å²) in [6.45, 7) is 2.04. The van der Waals surface area contributed by atoms with Gasteiger partial charge >= 0.3 is 0 Å². The molecule has 0 bridgehead atoms. The van der Waals surface area contributed by atoms with Crippen molar-refractivity contribution in [3.63, 3.8) is 0 Å². The molecule has 6 heteroatoms. The SMILES string of the molecule is COc1ccc(NC(=O)c2cc3cc4ccc(C)cc4nc3s2)c(OC)c1. The minimum atomic E-state index is -0.193. The summed E-state index contributed by atoms with van der Waals surface area (Å²) >= 11 is 1.38. The van der Waals surface area contributed by atoms with Gasteiger partial charge in [-0.05, 0) is 42.8 Å². The molecule has 136 valence electrons. The zero-order valence-corrected chi connectivity index (χ0v) is 16.0. The highest BCUT2D eigenvalue weighted by Crippen LogP contribution is 2.32. The van der Waals surface area contributed by atoms with Crippen LogP contribution in [-0.2, 0) is 0 Å². The molecule has 0 saturated carbocycles. The van der Waals surface area contributed by atoms with Gasteiger partial charge in [0, 0.05) is 16.8 Å². The number of nitrogens with one attached hydrogen (secondary N) is 1. The van der Waals surface area contributed by atoms with E-state index in [-0.39, 0.29) is 5.91 Å². The number of carbonyl (C=O) groups is 1. The molecule has 0 unspecified atom stereocenters. The van der Waals surface area contributed by atoms with Crippen molar-refractivity contribution >= 4 is 44.1 Å². The van der Waals surface area contributed by atoms with Gasteiger partial charge in [-0.3, -0.25) is 4.79 Å². The summed E-state index contributed by atoms with van der Waals surface area (Å²) in [6, 6.07) is 15.4. The Bertz CT molecular complexity index is 1170. The largest absolute Gasteiger partial charge is 0.497 e. The summed E-state index contributed by atoms with van der Waals surface area (Å²) < 4.78 is 10.5. The van der Waals surface area contributed by atoms with Crippen LogP contribution in [0.15, 0.2) is 48.5 Å². The number of nitrogens with zero attached hydrogens (tertiary/aromatic N) is 1. The second-order valence-corrected chi connectivity index (χ2v) is 7.24. The lowest BCUT2D eigenvalue weighted by Crippen LogP contribution is -2.11. The molecule has 4 rings (SSSR count). The van der Waals surface area contributed by atoms with Gasteiger partial charge in [0.1, 0.15) is 16.3 Å². The Kier molecular flexibility index (Phi) is 4.41. The first-order chi connectivity index (χ1) is 13.1. The molecule has 0 saturated heterocycles. The van der Waals surface area contributed by atoms with E-state index >= 15 is 0 Å². The van der Waals surface area contributed by atoms with E-state index in [9.17, 15) is 4.79 Å². The molecule has 2 aromatic carbocycles. The Morgan fingerprint density at radius 2 is 1.85 bits per heavy atom. The van der Waals surface area contributed by atoms with Crippen LogP contribution >= 0.6 is 11.3 Å². The van der Waals surface area contributed by atoms with Crippen LogP contribution in [0.2, 0.25) is 0 Å². The van der Waals surface area contributed by atoms with E-state index in [1.165, 1.54) is 11.3 Å². The summed E-state index contributed by atoms with van der Waals surface area (Å²) in [6.07, 6.45) is 0. The molecule has 1 N–H and O–H groups in total. The average Bonchev–Trinajstić information content (AvgIpc) is 3.09. The van der Waals surface area contributed by atoms with Crippen molar-refractivity contribution in [1.29, 1.82) is 0 Å². The van der Waals surface area contributed by atoms with Gasteiger partial charge in [-0.25, -0.2) is 4.98 Å². The van der Waals surface area contributed by atoms with Crippen molar-refractivity contribution in [3.05, 3.63) is 59.0 Å². The van der Waals surface area contributed by atoms with E-state index < -0.39 is 0 Å². The monoisotopic (exact) mass is 378 g/mol. The van der Waals surface area contributed by atoms with Crippen LogP contribution in [0, 0.1) is 6.92 Å². The predicted octanol–water partition coefficient (Wildman–Crippen LogP) is 5.03. The summed E-state index contributed by atoms with van der Waals surface area (Å²) in [5, 5.41) is 4.93. The zero-order chi connectivity index (χ0) is 19.0. The number of amides is 1. The van der Waals surface area contributed by atoms with Crippen LogP contribution in [0.25, 0.3) is 21.1 Å². The standard InChI is InChI=1S/C21H18N2O3S/c1-12-4-5-13-9-14-10-19(27-21(14)23-17(13)8-12)20(24)22-16-7-6-15(25-2)11-18(16)26-3/h4-11H,1-3H3,(H,22,24). The highest BCUT2D eigenvalue weighted by Gasteiger charge is 2.15. The molecule has 0 radical (unpaired) electrons. The van der Waals surface area contributed by atoms with Crippen LogP contribution in [0.5, 0.6) is 11.5 Å². The molecule has 0 aliphatic rings. The lowest BCUT2D eigenvalue weighted by atomic mass is 10.1. The van der Waals surface area contributed by atoms with Crippen molar-refractivity contribution < 1.29 is 14.3 Å². The fourth-order valence-electron chi connectivity index (χ4n) is 2.93. The van der Waals surface area contributed by atoms with Crippen molar-refractivity contribution in [2.45, 2.75) is 6.92 Å². The number of methoxy groups -OCH3 is 2. The third-order valence-corrected chi connectivity index (χ3v) is 5.38. The summed E-state index contributed by atoms with van der Waals surface area (Å²) in [4.78, 5) is 18.9. The Labute approximate surface area is 160 Å². The second kappa shape index (κ2) is 6.89. The molecular formula is C21H18N2O3S. The summed E-state index contributed by atoms with van der Waals surface area (Å²) in [7, 11) is 3.14. The van der Waals surface area contributed by atoms with Crippen LogP contribution in [0.1, 0.15) is 15.2 Å². The van der Waals surface area contributed by atoms with E-state index in [2.05, 4.69) is 29.6 Å². The second-order valence-electron chi connectivity index (χ2n) is 6.21. The highest BCUT2D eigenvalue weighted by atomic mass is 32.1. The van der Waals surface area contributed by atoms with E-state index in [4.69, 9.17) is 14.5 Å². The minimum Gasteiger partial charge on any atom is -0.497 e. The molecule has 0 atom stereocenters. The Balaban J connectivity index is 1.67. The van der Waals surface area contributed by atoms with Gasteiger partial charge in [0.2, 0.25) is 0 Å². The molecule has 2 heterocycles. The van der Waals surface area contributed by atoms with Gasteiger partial charge in [0.05, 0.1) is 30.3 Å². The first-order valence-corrected chi connectivity index (χ1v) is 9.23. The van der Waals surface area contributed by atoms with Gasteiger partial charge in [0.15, 0.2) is 0 Å². The maximum atomic E-state index is 12.7. The topological polar surface area (TPSA) is 60.5 Å². The number of hydrogen-bond acceptors (Lipinski definition) is 5. The number of rotatable bonds is 4. The highest BCUT2D eigenvalue weighted by molar-refractivity contribution is 7.20. The molecule has 27 heavy (non-hydrogen) atoms. The van der Waals surface area contributed by atoms with E-state index in [1.54, 1.807) is 32.4 Å². The molecular weight excluding hydrogens is 360 g/mol. The van der Waals surface area contributed by atoms with Gasteiger partial charge in [-0.15, -0.1) is 11.3 Å². The number of hydrogen-bond donors (Lipinski definition) is 1. The first kappa shape index (κ1) is 17.3.